The van der Waals surface area contributed by atoms with E-state index in [0.29, 0.717) is 11.6 Å². The van der Waals surface area contributed by atoms with Gasteiger partial charge in [0, 0.05) is 16.1 Å². The Morgan fingerprint density at radius 3 is 2.76 bits per heavy atom. The summed E-state index contributed by atoms with van der Waals surface area (Å²) in [5.41, 5.74) is 7.81. The van der Waals surface area contributed by atoms with Crippen LogP contribution in [-0.2, 0) is 0 Å². The van der Waals surface area contributed by atoms with E-state index in [4.69, 9.17) is 11.0 Å². The van der Waals surface area contributed by atoms with Crippen molar-refractivity contribution in [3.05, 3.63) is 40.0 Å². The fraction of sp³-hybridized carbons (Fsp3) is 0.0833. The van der Waals surface area contributed by atoms with Crippen molar-refractivity contribution >= 4 is 21.7 Å². The first-order chi connectivity index (χ1) is 8.10. The smallest absolute Gasteiger partial charge is 0.163 e. The summed E-state index contributed by atoms with van der Waals surface area (Å²) in [4.78, 5) is 8.30. The first kappa shape index (κ1) is 11.6. The van der Waals surface area contributed by atoms with Gasteiger partial charge in [-0.15, -0.1) is 0 Å². The van der Waals surface area contributed by atoms with Crippen molar-refractivity contribution in [3.8, 4) is 17.5 Å². The quantitative estimate of drug-likeness (QED) is 0.875. The van der Waals surface area contributed by atoms with Gasteiger partial charge in [0.15, 0.2) is 5.82 Å². The molecule has 2 aromatic rings. The van der Waals surface area contributed by atoms with Crippen molar-refractivity contribution in [2.45, 2.75) is 6.92 Å². The summed E-state index contributed by atoms with van der Waals surface area (Å²) in [5.74, 6) is 0.770. The van der Waals surface area contributed by atoms with Crippen LogP contribution in [0.5, 0.6) is 0 Å². The molecule has 0 fully saturated rings. The van der Waals surface area contributed by atoms with Crippen molar-refractivity contribution < 1.29 is 0 Å². The second-order valence-corrected chi connectivity index (χ2v) is 4.49. The number of rotatable bonds is 1. The molecule has 0 aliphatic carbocycles. The molecule has 0 bridgehead atoms. The number of nitrogens with two attached hydrogens (primary N) is 1. The molecule has 0 unspecified atom stereocenters. The highest BCUT2D eigenvalue weighted by Crippen LogP contribution is 2.24. The molecule has 17 heavy (non-hydrogen) atoms. The average Bonchev–Trinajstić information content (AvgIpc) is 2.31. The molecule has 2 N–H and O–H groups in total. The minimum atomic E-state index is 0.270. The molecule has 0 aliphatic rings. The van der Waals surface area contributed by atoms with Gasteiger partial charge in [0.1, 0.15) is 17.6 Å². The number of benzene rings is 1. The van der Waals surface area contributed by atoms with Crippen LogP contribution in [0.15, 0.2) is 28.7 Å². The Bertz CT molecular complexity index is 616. The van der Waals surface area contributed by atoms with Gasteiger partial charge in [-0.05, 0) is 24.6 Å². The molecule has 4 nitrogen and oxygen atoms in total. The predicted octanol–water partition coefficient (Wildman–Crippen LogP) is 2.67. The van der Waals surface area contributed by atoms with E-state index in [0.717, 1.165) is 15.6 Å². The summed E-state index contributed by atoms with van der Waals surface area (Å²) in [5, 5.41) is 8.85. The third-order valence-electron chi connectivity index (χ3n) is 2.30. The molecule has 84 valence electrons. The van der Waals surface area contributed by atoms with Crippen molar-refractivity contribution in [1.82, 2.24) is 9.97 Å². The number of hydrogen-bond acceptors (Lipinski definition) is 4. The normalized spacial score (nSPS) is 9.94. The maximum atomic E-state index is 8.85. The average molecular weight is 289 g/mol. The second-order valence-electron chi connectivity index (χ2n) is 3.57. The summed E-state index contributed by atoms with van der Waals surface area (Å²) in [6.07, 6.45) is 0. The molecule has 0 atom stereocenters. The lowest BCUT2D eigenvalue weighted by Gasteiger charge is -2.06. The van der Waals surface area contributed by atoms with E-state index in [2.05, 4.69) is 25.9 Å². The number of aryl methyl sites for hydroxylation is 1. The van der Waals surface area contributed by atoms with Crippen LogP contribution in [0.2, 0.25) is 0 Å². The third kappa shape index (κ3) is 2.43. The summed E-state index contributed by atoms with van der Waals surface area (Å²) >= 11 is 3.40. The van der Waals surface area contributed by atoms with Gasteiger partial charge in [-0.3, -0.25) is 0 Å². The van der Waals surface area contributed by atoms with E-state index in [-0.39, 0.29) is 5.69 Å². The highest BCUT2D eigenvalue weighted by molar-refractivity contribution is 9.10. The standard InChI is InChI=1S/C12H9BrN4/c1-7-2-3-8(13)4-10(7)12-16-9(6-14)5-11(15)17-12/h2-5H,1H3,(H2,15,16,17). The van der Waals surface area contributed by atoms with Crippen molar-refractivity contribution in [3.63, 3.8) is 0 Å². The van der Waals surface area contributed by atoms with Crippen LogP contribution in [0, 0.1) is 18.3 Å². The van der Waals surface area contributed by atoms with Gasteiger partial charge < -0.3 is 5.73 Å². The Labute approximate surface area is 107 Å². The van der Waals surface area contributed by atoms with Crippen molar-refractivity contribution in [2.75, 3.05) is 5.73 Å². The molecular weight excluding hydrogens is 280 g/mol. The second kappa shape index (κ2) is 4.52. The number of nitrogen functional groups attached to an aromatic ring is 1. The first-order valence-electron chi connectivity index (χ1n) is 4.91. The van der Waals surface area contributed by atoms with E-state index in [1.54, 1.807) is 0 Å². The lowest BCUT2D eigenvalue weighted by atomic mass is 10.1. The SMILES string of the molecule is Cc1ccc(Br)cc1-c1nc(N)cc(C#N)n1. The summed E-state index contributed by atoms with van der Waals surface area (Å²) < 4.78 is 0.933. The van der Waals surface area contributed by atoms with Gasteiger partial charge in [-0.2, -0.15) is 5.26 Å². The van der Waals surface area contributed by atoms with Gasteiger partial charge in [-0.25, -0.2) is 9.97 Å². The Morgan fingerprint density at radius 2 is 2.06 bits per heavy atom. The van der Waals surface area contributed by atoms with Gasteiger partial charge in [0.05, 0.1) is 0 Å². The van der Waals surface area contributed by atoms with Crippen molar-refractivity contribution in [1.29, 1.82) is 5.26 Å². The van der Waals surface area contributed by atoms with Gasteiger partial charge in [0.25, 0.3) is 0 Å². The number of halogens is 1. The van der Waals surface area contributed by atoms with E-state index in [1.165, 1.54) is 6.07 Å². The number of anilines is 1. The molecule has 1 heterocycles. The zero-order valence-electron chi connectivity index (χ0n) is 9.11. The third-order valence-corrected chi connectivity index (χ3v) is 2.79. The Hall–Kier alpha value is -1.93. The van der Waals surface area contributed by atoms with E-state index < -0.39 is 0 Å². The molecular formula is C12H9BrN4. The monoisotopic (exact) mass is 288 g/mol. The molecule has 2 rings (SSSR count). The van der Waals surface area contributed by atoms with Crippen LogP contribution >= 0.6 is 15.9 Å². The summed E-state index contributed by atoms with van der Waals surface area (Å²) in [7, 11) is 0. The van der Waals surface area contributed by atoms with Gasteiger partial charge >= 0.3 is 0 Å². The zero-order chi connectivity index (χ0) is 12.4. The van der Waals surface area contributed by atoms with Crippen LogP contribution in [0.1, 0.15) is 11.3 Å². The first-order valence-corrected chi connectivity index (χ1v) is 5.70. The molecule has 0 saturated carbocycles. The Morgan fingerprint density at radius 1 is 1.29 bits per heavy atom. The molecule has 1 aromatic heterocycles. The molecule has 0 spiro atoms. The van der Waals surface area contributed by atoms with Crippen LogP contribution in [0.3, 0.4) is 0 Å². The highest BCUT2D eigenvalue weighted by Gasteiger charge is 2.08. The van der Waals surface area contributed by atoms with Crippen LogP contribution in [-0.4, -0.2) is 9.97 Å². The predicted molar refractivity (Wildman–Crippen MR) is 69.0 cm³/mol. The molecule has 0 radical (unpaired) electrons. The molecule has 5 heteroatoms. The number of hydrogen-bond donors (Lipinski definition) is 1. The fourth-order valence-electron chi connectivity index (χ4n) is 1.48. The van der Waals surface area contributed by atoms with Crippen molar-refractivity contribution in [2.24, 2.45) is 0 Å². The minimum absolute atomic E-state index is 0.270. The zero-order valence-corrected chi connectivity index (χ0v) is 10.7. The maximum absolute atomic E-state index is 8.85. The van der Waals surface area contributed by atoms with E-state index in [9.17, 15) is 0 Å². The molecule has 0 aliphatic heterocycles. The van der Waals surface area contributed by atoms with E-state index in [1.807, 2.05) is 31.2 Å². The minimum Gasteiger partial charge on any atom is -0.384 e. The molecule has 1 aromatic carbocycles. The van der Waals surface area contributed by atoms with Gasteiger partial charge in [0.2, 0.25) is 0 Å². The Balaban J connectivity index is 2.64. The largest absolute Gasteiger partial charge is 0.384 e. The molecule has 0 amide bonds. The lowest BCUT2D eigenvalue weighted by molar-refractivity contribution is 1.15. The summed E-state index contributed by atoms with van der Waals surface area (Å²) in [6.45, 7) is 1.96. The van der Waals surface area contributed by atoms with E-state index >= 15 is 0 Å². The highest BCUT2D eigenvalue weighted by atomic mass is 79.9. The summed E-state index contributed by atoms with van der Waals surface area (Å²) in [6, 6.07) is 9.23. The topological polar surface area (TPSA) is 75.6 Å². The maximum Gasteiger partial charge on any atom is 0.163 e. The van der Waals surface area contributed by atoms with Crippen LogP contribution in [0.25, 0.3) is 11.4 Å². The molecule has 0 saturated heterocycles. The van der Waals surface area contributed by atoms with Crippen LogP contribution < -0.4 is 5.73 Å². The number of nitriles is 1. The number of aromatic nitrogens is 2. The fourth-order valence-corrected chi connectivity index (χ4v) is 1.84. The number of nitrogens with zero attached hydrogens (tertiary/aromatic N) is 3. The lowest BCUT2D eigenvalue weighted by Crippen LogP contribution is -1.99. The van der Waals surface area contributed by atoms with Gasteiger partial charge in [-0.1, -0.05) is 22.0 Å². The Kier molecular flexibility index (Phi) is 3.07. The van der Waals surface area contributed by atoms with Crippen LogP contribution in [0.4, 0.5) is 5.82 Å².